The molecule has 1 aromatic heterocycles. The van der Waals surface area contributed by atoms with Crippen LogP contribution >= 0.6 is 11.6 Å². The number of carbonyl (C=O) groups excluding carboxylic acids is 1. The molecule has 0 spiro atoms. The van der Waals surface area contributed by atoms with Gasteiger partial charge in [0, 0.05) is 24.7 Å². The van der Waals surface area contributed by atoms with Crippen molar-refractivity contribution in [3.05, 3.63) is 58.6 Å². The van der Waals surface area contributed by atoms with Gasteiger partial charge in [-0.05, 0) is 62.1 Å². The molecule has 4 rings (SSSR count). The van der Waals surface area contributed by atoms with Crippen LogP contribution in [0, 0.1) is 19.8 Å². The second-order valence-electron chi connectivity index (χ2n) is 8.54. The smallest absolute Gasteiger partial charge is 0.229 e. The van der Waals surface area contributed by atoms with Crippen molar-refractivity contribution in [3.8, 4) is 22.8 Å². The average Bonchev–Trinajstić information content (AvgIpc) is 2.86. The maximum Gasteiger partial charge on any atom is 0.229 e. The molecule has 1 unspecified atom stereocenters. The van der Waals surface area contributed by atoms with Gasteiger partial charge in [-0.1, -0.05) is 23.7 Å². The van der Waals surface area contributed by atoms with Gasteiger partial charge in [0.2, 0.25) is 5.91 Å². The van der Waals surface area contributed by atoms with Crippen molar-refractivity contribution in [2.24, 2.45) is 5.92 Å². The van der Waals surface area contributed by atoms with Crippen molar-refractivity contribution >= 4 is 29.0 Å². The summed E-state index contributed by atoms with van der Waals surface area (Å²) in [5, 5.41) is 12.3. The van der Waals surface area contributed by atoms with Crippen molar-refractivity contribution in [2.75, 3.05) is 37.5 Å². The highest BCUT2D eigenvalue weighted by Crippen LogP contribution is 2.36. The van der Waals surface area contributed by atoms with Crippen LogP contribution in [0.25, 0.3) is 11.3 Å². The van der Waals surface area contributed by atoms with Crippen molar-refractivity contribution in [1.82, 2.24) is 10.2 Å². The third-order valence-corrected chi connectivity index (χ3v) is 6.60. The van der Waals surface area contributed by atoms with E-state index in [1.165, 1.54) is 18.2 Å². The maximum absolute atomic E-state index is 13.1. The van der Waals surface area contributed by atoms with Crippen LogP contribution in [0.1, 0.15) is 24.0 Å². The first kappa shape index (κ1) is 23.8. The topological polar surface area (TPSA) is 76.6 Å². The minimum Gasteiger partial charge on any atom is -0.495 e. The Morgan fingerprint density at radius 1 is 1.03 bits per heavy atom. The third-order valence-electron chi connectivity index (χ3n) is 6.30. The second-order valence-corrected chi connectivity index (χ2v) is 8.94. The fourth-order valence-corrected chi connectivity index (χ4v) is 4.38. The summed E-state index contributed by atoms with van der Waals surface area (Å²) in [4.78, 5) is 15.2. The Balaban J connectivity index is 1.45. The number of hydrogen-bond acceptors (Lipinski definition) is 6. The molecular formula is C26H29ClN4O3. The van der Waals surface area contributed by atoms with Gasteiger partial charge in [0.05, 0.1) is 36.5 Å². The van der Waals surface area contributed by atoms with Crippen LogP contribution in [-0.4, -0.2) is 43.4 Å². The van der Waals surface area contributed by atoms with E-state index in [4.69, 9.17) is 21.1 Å². The first-order valence-corrected chi connectivity index (χ1v) is 11.7. The van der Waals surface area contributed by atoms with Gasteiger partial charge >= 0.3 is 0 Å². The molecule has 0 aliphatic carbocycles. The lowest BCUT2D eigenvalue weighted by atomic mass is 9.97. The first-order chi connectivity index (χ1) is 16.4. The van der Waals surface area contributed by atoms with Gasteiger partial charge in [-0.2, -0.15) is 0 Å². The number of aromatic nitrogens is 2. The number of piperidine rings is 1. The van der Waals surface area contributed by atoms with Crippen molar-refractivity contribution in [2.45, 2.75) is 26.7 Å². The van der Waals surface area contributed by atoms with Gasteiger partial charge in [0.1, 0.15) is 11.5 Å². The molecule has 0 bridgehead atoms. The summed E-state index contributed by atoms with van der Waals surface area (Å²) < 4.78 is 10.6. The molecule has 0 radical (unpaired) electrons. The number of rotatable bonds is 6. The van der Waals surface area contributed by atoms with Crippen molar-refractivity contribution < 1.29 is 14.3 Å². The van der Waals surface area contributed by atoms with Crippen LogP contribution < -0.4 is 19.7 Å². The fraction of sp³-hybridized carbons (Fsp3) is 0.346. The molecule has 8 heteroatoms. The number of carbonyl (C=O) groups is 1. The standard InChI is InChI=1S/C26H29ClN4O3/c1-16-7-8-18(12-17(16)2)21-9-10-25(30-29-21)31-11-5-6-19(15-31)26(32)28-22-13-20(27)23(33-3)14-24(22)34-4/h7-10,12-14,19H,5-6,11,15H2,1-4H3,(H,28,32). The highest BCUT2D eigenvalue weighted by atomic mass is 35.5. The summed E-state index contributed by atoms with van der Waals surface area (Å²) in [6.07, 6.45) is 1.68. The van der Waals surface area contributed by atoms with Gasteiger partial charge in [-0.15, -0.1) is 10.2 Å². The SMILES string of the molecule is COc1cc(OC)c(NC(=O)C2CCCN(c3ccc(-c4ccc(C)c(C)c4)nn3)C2)cc1Cl. The highest BCUT2D eigenvalue weighted by Gasteiger charge is 2.27. The van der Waals surface area contributed by atoms with E-state index in [-0.39, 0.29) is 11.8 Å². The minimum atomic E-state index is -0.194. The van der Waals surface area contributed by atoms with Gasteiger partial charge in [0.15, 0.2) is 5.82 Å². The lowest BCUT2D eigenvalue weighted by Gasteiger charge is -2.32. The molecule has 1 aliphatic rings. The van der Waals surface area contributed by atoms with Gasteiger partial charge in [-0.25, -0.2) is 0 Å². The summed E-state index contributed by atoms with van der Waals surface area (Å²) in [5.41, 5.74) is 4.88. The number of methoxy groups -OCH3 is 2. The molecule has 34 heavy (non-hydrogen) atoms. The normalized spacial score (nSPS) is 15.7. The van der Waals surface area contributed by atoms with Crippen LogP contribution in [0.15, 0.2) is 42.5 Å². The predicted octanol–water partition coefficient (Wildman–Crippen LogP) is 5.29. The Labute approximate surface area is 205 Å². The van der Waals surface area contributed by atoms with E-state index in [0.717, 1.165) is 36.5 Å². The lowest BCUT2D eigenvalue weighted by Crippen LogP contribution is -2.41. The number of hydrogen-bond donors (Lipinski definition) is 1. The Bertz CT molecular complexity index is 1180. The minimum absolute atomic E-state index is 0.0797. The summed E-state index contributed by atoms with van der Waals surface area (Å²) in [5.74, 6) is 1.48. The van der Waals surface area contributed by atoms with Crippen LogP contribution in [-0.2, 0) is 4.79 Å². The maximum atomic E-state index is 13.1. The van der Waals surface area contributed by atoms with E-state index < -0.39 is 0 Å². The van der Waals surface area contributed by atoms with E-state index in [1.807, 2.05) is 12.1 Å². The molecule has 7 nitrogen and oxygen atoms in total. The average molecular weight is 481 g/mol. The van der Waals surface area contributed by atoms with Gasteiger partial charge < -0.3 is 19.7 Å². The molecule has 178 valence electrons. The van der Waals surface area contributed by atoms with Gasteiger partial charge in [0.25, 0.3) is 0 Å². The van der Waals surface area contributed by atoms with E-state index in [0.29, 0.717) is 28.8 Å². The Morgan fingerprint density at radius 2 is 1.82 bits per heavy atom. The Kier molecular flexibility index (Phi) is 7.22. The molecule has 1 fully saturated rings. The lowest BCUT2D eigenvalue weighted by molar-refractivity contribution is -0.120. The van der Waals surface area contributed by atoms with E-state index in [2.05, 4.69) is 52.5 Å². The number of nitrogens with one attached hydrogen (secondary N) is 1. The highest BCUT2D eigenvalue weighted by molar-refractivity contribution is 6.32. The fourth-order valence-electron chi connectivity index (χ4n) is 4.14. The Hall–Kier alpha value is -3.32. The van der Waals surface area contributed by atoms with E-state index in [9.17, 15) is 4.79 Å². The number of anilines is 2. The zero-order valence-corrected chi connectivity index (χ0v) is 20.6. The molecule has 1 N–H and O–H groups in total. The zero-order valence-electron chi connectivity index (χ0n) is 19.9. The molecule has 2 heterocycles. The number of benzene rings is 2. The van der Waals surface area contributed by atoms with Crippen LogP contribution in [0.5, 0.6) is 11.5 Å². The summed E-state index contributed by atoms with van der Waals surface area (Å²) in [7, 11) is 3.08. The van der Waals surface area contributed by atoms with Crippen LogP contribution in [0.2, 0.25) is 5.02 Å². The molecule has 1 saturated heterocycles. The molecular weight excluding hydrogens is 452 g/mol. The molecule has 3 aromatic rings. The third kappa shape index (κ3) is 5.09. The number of amides is 1. The molecule has 1 atom stereocenters. The van der Waals surface area contributed by atoms with Crippen LogP contribution in [0.4, 0.5) is 11.5 Å². The molecule has 1 aliphatic heterocycles. The predicted molar refractivity (Wildman–Crippen MR) is 135 cm³/mol. The quantitative estimate of drug-likeness (QED) is 0.516. The van der Waals surface area contributed by atoms with Crippen molar-refractivity contribution in [1.29, 1.82) is 0 Å². The molecule has 1 amide bonds. The number of aryl methyl sites for hydroxylation is 2. The summed E-state index contributed by atoms with van der Waals surface area (Å²) >= 11 is 6.25. The number of halogens is 1. The molecule has 0 saturated carbocycles. The van der Waals surface area contributed by atoms with Crippen molar-refractivity contribution in [3.63, 3.8) is 0 Å². The summed E-state index contributed by atoms with van der Waals surface area (Å²) in [6, 6.07) is 13.6. The first-order valence-electron chi connectivity index (χ1n) is 11.3. The Morgan fingerprint density at radius 3 is 2.50 bits per heavy atom. The monoisotopic (exact) mass is 480 g/mol. The molecule has 2 aromatic carbocycles. The van der Waals surface area contributed by atoms with E-state index in [1.54, 1.807) is 19.2 Å². The van der Waals surface area contributed by atoms with Crippen LogP contribution in [0.3, 0.4) is 0 Å². The summed E-state index contributed by atoms with van der Waals surface area (Å²) in [6.45, 7) is 5.58. The second kappa shape index (κ2) is 10.3. The number of nitrogens with zero attached hydrogens (tertiary/aromatic N) is 3. The largest absolute Gasteiger partial charge is 0.495 e. The zero-order chi connectivity index (χ0) is 24.2. The van der Waals surface area contributed by atoms with E-state index >= 15 is 0 Å². The number of ether oxygens (including phenoxy) is 2. The van der Waals surface area contributed by atoms with Gasteiger partial charge in [-0.3, -0.25) is 4.79 Å².